The second kappa shape index (κ2) is 9.02. The molecule has 1 saturated heterocycles. The number of hydroxylamine groups is 2. The highest BCUT2D eigenvalue weighted by Gasteiger charge is 2.33. The number of imide groups is 1. The fourth-order valence-electron chi connectivity index (χ4n) is 4.66. The van der Waals surface area contributed by atoms with Gasteiger partial charge in [-0.3, -0.25) is 9.59 Å². The molecule has 3 aromatic carbocycles. The number of para-hydroxylation sites is 1. The first-order chi connectivity index (χ1) is 17.7. The van der Waals surface area contributed by atoms with Gasteiger partial charge in [0.1, 0.15) is 18.5 Å². The Morgan fingerprint density at radius 3 is 2.16 bits per heavy atom. The lowest BCUT2D eigenvalue weighted by Crippen LogP contribution is -2.32. The van der Waals surface area contributed by atoms with Crippen molar-refractivity contribution in [2.75, 3.05) is 0 Å². The molecule has 5 rings (SSSR count). The molecule has 1 aliphatic rings. The first-order valence-electron chi connectivity index (χ1n) is 11.6. The van der Waals surface area contributed by atoms with Crippen LogP contribution < -0.4 is 9.30 Å². The van der Waals surface area contributed by atoms with E-state index in [2.05, 4.69) is 0 Å². The maximum Gasteiger partial charge on any atom is 0.363 e. The molecule has 0 unspecified atom stereocenters. The van der Waals surface area contributed by atoms with Crippen LogP contribution in [0.1, 0.15) is 44.7 Å². The number of aromatic nitrogens is 1. The number of phenolic OH excluding ortho intramolecular Hbond substituents is 1. The number of carbonyl (C=O) groups is 4. The van der Waals surface area contributed by atoms with Crippen LogP contribution in [0.4, 0.5) is 0 Å². The van der Waals surface area contributed by atoms with E-state index >= 15 is 0 Å². The number of esters is 1. The highest BCUT2D eigenvalue weighted by molar-refractivity contribution is 6.13. The molecule has 1 aromatic heterocycles. The van der Waals surface area contributed by atoms with Gasteiger partial charge in [-0.25, -0.2) is 9.59 Å². The van der Waals surface area contributed by atoms with Crippen LogP contribution in [0.15, 0.2) is 54.6 Å². The maximum atomic E-state index is 13.6. The molecule has 37 heavy (non-hydrogen) atoms. The van der Waals surface area contributed by atoms with Crippen molar-refractivity contribution in [3.05, 3.63) is 76.9 Å². The van der Waals surface area contributed by atoms with Crippen LogP contribution in [0.25, 0.3) is 21.8 Å². The van der Waals surface area contributed by atoms with E-state index in [1.54, 1.807) is 26.0 Å². The summed E-state index contributed by atoms with van der Waals surface area (Å²) in [6, 6.07) is 15.2. The van der Waals surface area contributed by atoms with Gasteiger partial charge in [0.05, 0.1) is 21.9 Å². The zero-order valence-corrected chi connectivity index (χ0v) is 20.4. The summed E-state index contributed by atoms with van der Waals surface area (Å²) in [5.41, 5.74) is 2.92. The number of hydrogen-bond donors (Lipinski definition) is 1. The number of aromatic hydroxyl groups is 1. The Hall–Kier alpha value is -4.79. The minimum absolute atomic E-state index is 0.00227. The standard InChI is InChI=1S/C28H22N2O7/c1-15-12-17(27(34)37-30-23(32)10-11-24(30)33)13-16(2)26(15)36-28(35)25-19-6-4-5-7-21(19)29(3)22-9-8-18(31)14-20(22)25/h4-9,12-14H,10-11H2,1-3H3/p+1. The monoisotopic (exact) mass is 499 g/mol. The van der Waals surface area contributed by atoms with Crippen molar-refractivity contribution in [3.8, 4) is 11.5 Å². The number of carbonyl (C=O) groups excluding carboxylic acids is 4. The molecule has 186 valence electrons. The Balaban J connectivity index is 1.52. The van der Waals surface area contributed by atoms with Crippen LogP contribution in [0, 0.1) is 13.8 Å². The summed E-state index contributed by atoms with van der Waals surface area (Å²) in [7, 11) is 1.88. The Kier molecular flexibility index (Phi) is 5.83. The molecule has 0 radical (unpaired) electrons. The third kappa shape index (κ3) is 4.14. The van der Waals surface area contributed by atoms with E-state index in [1.807, 2.05) is 35.9 Å². The summed E-state index contributed by atoms with van der Waals surface area (Å²) in [5, 5.41) is 11.8. The summed E-state index contributed by atoms with van der Waals surface area (Å²) in [6.45, 7) is 3.34. The number of pyridine rings is 1. The number of aryl methyl sites for hydroxylation is 3. The first kappa shape index (κ1) is 23.9. The predicted octanol–water partition coefficient (Wildman–Crippen LogP) is 3.58. The van der Waals surface area contributed by atoms with Crippen molar-refractivity contribution in [1.29, 1.82) is 0 Å². The number of phenols is 1. The molecule has 1 fully saturated rings. The lowest BCUT2D eigenvalue weighted by molar-refractivity contribution is -0.617. The van der Waals surface area contributed by atoms with Gasteiger partial charge in [0.15, 0.2) is 0 Å². The van der Waals surface area contributed by atoms with E-state index in [0.29, 0.717) is 32.5 Å². The van der Waals surface area contributed by atoms with Crippen LogP contribution >= 0.6 is 0 Å². The summed E-state index contributed by atoms with van der Waals surface area (Å²) in [6.07, 6.45) is -0.00453. The quantitative estimate of drug-likeness (QED) is 0.150. The average molecular weight is 499 g/mol. The largest absolute Gasteiger partial charge is 0.508 e. The highest BCUT2D eigenvalue weighted by Crippen LogP contribution is 2.31. The molecule has 4 aromatic rings. The molecule has 0 spiro atoms. The van der Waals surface area contributed by atoms with Crippen LogP contribution in [0.5, 0.6) is 11.5 Å². The topological polar surface area (TPSA) is 114 Å². The van der Waals surface area contributed by atoms with Gasteiger partial charge in [-0.2, -0.15) is 4.57 Å². The number of rotatable bonds is 4. The molecule has 9 heteroatoms. The van der Waals surface area contributed by atoms with E-state index in [1.165, 1.54) is 18.2 Å². The number of amides is 2. The van der Waals surface area contributed by atoms with Crippen LogP contribution in [-0.4, -0.2) is 33.9 Å². The summed E-state index contributed by atoms with van der Waals surface area (Å²) >= 11 is 0. The van der Waals surface area contributed by atoms with E-state index < -0.39 is 23.8 Å². The van der Waals surface area contributed by atoms with Crippen LogP contribution in [-0.2, 0) is 21.5 Å². The zero-order valence-electron chi connectivity index (χ0n) is 20.4. The fourth-order valence-corrected chi connectivity index (χ4v) is 4.66. The van der Waals surface area contributed by atoms with E-state index in [0.717, 1.165) is 11.0 Å². The predicted molar refractivity (Wildman–Crippen MR) is 132 cm³/mol. The molecule has 1 aliphatic heterocycles. The van der Waals surface area contributed by atoms with E-state index in [9.17, 15) is 24.3 Å². The zero-order chi connectivity index (χ0) is 26.4. The SMILES string of the molecule is Cc1cc(C(=O)ON2C(=O)CCC2=O)cc(C)c1OC(=O)c1c2ccccc2[n+](C)c2ccc(O)cc12. The Bertz CT molecular complexity index is 1620. The molecule has 2 heterocycles. The molecule has 0 aliphatic carbocycles. The van der Waals surface area contributed by atoms with Crippen molar-refractivity contribution < 1.29 is 38.4 Å². The van der Waals surface area contributed by atoms with E-state index in [-0.39, 0.29) is 29.9 Å². The molecule has 2 amide bonds. The average Bonchev–Trinajstić information content (AvgIpc) is 3.18. The number of hydrogen-bond acceptors (Lipinski definition) is 7. The van der Waals surface area contributed by atoms with Gasteiger partial charge in [-0.05, 0) is 55.3 Å². The third-order valence-corrected chi connectivity index (χ3v) is 6.42. The van der Waals surface area contributed by atoms with Gasteiger partial charge in [0.2, 0.25) is 11.0 Å². The molecule has 9 nitrogen and oxygen atoms in total. The van der Waals surface area contributed by atoms with Gasteiger partial charge < -0.3 is 14.7 Å². The Morgan fingerprint density at radius 1 is 0.865 bits per heavy atom. The Morgan fingerprint density at radius 2 is 1.49 bits per heavy atom. The first-order valence-corrected chi connectivity index (χ1v) is 11.6. The minimum atomic E-state index is -0.865. The van der Waals surface area contributed by atoms with Crippen molar-refractivity contribution in [3.63, 3.8) is 0 Å². The molecule has 0 bridgehead atoms. The van der Waals surface area contributed by atoms with E-state index in [4.69, 9.17) is 9.57 Å². The molecular weight excluding hydrogens is 476 g/mol. The van der Waals surface area contributed by atoms with Crippen molar-refractivity contribution >= 4 is 45.6 Å². The fraction of sp³-hybridized carbons (Fsp3) is 0.179. The van der Waals surface area contributed by atoms with Crippen LogP contribution in [0.3, 0.4) is 0 Å². The molecule has 0 saturated carbocycles. The van der Waals surface area contributed by atoms with Crippen molar-refractivity contribution in [2.45, 2.75) is 26.7 Å². The third-order valence-electron chi connectivity index (χ3n) is 6.42. The number of benzene rings is 3. The second-order valence-corrected chi connectivity index (χ2v) is 8.94. The van der Waals surface area contributed by atoms with Crippen molar-refractivity contribution in [2.24, 2.45) is 7.05 Å². The summed E-state index contributed by atoms with van der Waals surface area (Å²) < 4.78 is 7.80. The smallest absolute Gasteiger partial charge is 0.363 e. The number of fused-ring (bicyclic) bond motifs is 2. The lowest BCUT2D eigenvalue weighted by Gasteiger charge is -2.16. The van der Waals surface area contributed by atoms with Crippen molar-refractivity contribution in [1.82, 2.24) is 5.06 Å². The van der Waals surface area contributed by atoms with Gasteiger partial charge >= 0.3 is 11.9 Å². The molecule has 1 N–H and O–H groups in total. The molecule has 0 atom stereocenters. The lowest BCUT2D eigenvalue weighted by atomic mass is 10.0. The second-order valence-electron chi connectivity index (χ2n) is 8.94. The summed E-state index contributed by atoms with van der Waals surface area (Å²) in [4.78, 5) is 54.8. The van der Waals surface area contributed by atoms with Crippen LogP contribution in [0.2, 0.25) is 0 Å². The Labute approximate surface area is 211 Å². The van der Waals surface area contributed by atoms with Gasteiger partial charge in [0.25, 0.3) is 11.8 Å². The highest BCUT2D eigenvalue weighted by atomic mass is 16.7. The molecular formula is C28H23N2O7+. The summed E-state index contributed by atoms with van der Waals surface area (Å²) in [5.74, 6) is -2.35. The number of ether oxygens (including phenoxy) is 1. The maximum absolute atomic E-state index is 13.6. The number of nitrogens with zero attached hydrogens (tertiary/aromatic N) is 2. The normalized spacial score (nSPS) is 13.4. The van der Waals surface area contributed by atoms with Gasteiger partial charge in [0, 0.05) is 25.0 Å². The van der Waals surface area contributed by atoms with Gasteiger partial charge in [-0.1, -0.05) is 12.1 Å². The van der Waals surface area contributed by atoms with Gasteiger partial charge in [-0.15, -0.1) is 5.06 Å². The minimum Gasteiger partial charge on any atom is -0.508 e.